The summed E-state index contributed by atoms with van der Waals surface area (Å²) in [6, 6.07) is 5.75. The van der Waals surface area contributed by atoms with Gasteiger partial charge in [0.2, 0.25) is 5.91 Å². The zero-order chi connectivity index (χ0) is 9.26. The first-order valence-electron chi connectivity index (χ1n) is 3.92. The summed E-state index contributed by atoms with van der Waals surface area (Å²) in [5, 5.41) is 0. The molecular weight excluding hydrogens is 186 g/mol. The molecule has 1 heterocycles. The van der Waals surface area contributed by atoms with E-state index in [1.165, 1.54) is 11.9 Å². The maximum atomic E-state index is 11.1. The third-order valence-corrected chi connectivity index (χ3v) is 2.84. The summed E-state index contributed by atoms with van der Waals surface area (Å²) in [5.41, 5.74) is 1.04. The minimum atomic E-state index is 0.0470. The molecule has 1 aliphatic rings. The van der Waals surface area contributed by atoms with Gasteiger partial charge in [0, 0.05) is 4.90 Å². The molecule has 0 spiro atoms. The van der Waals surface area contributed by atoms with Gasteiger partial charge in [-0.25, -0.2) is 0 Å². The van der Waals surface area contributed by atoms with Crippen molar-refractivity contribution in [1.29, 1.82) is 0 Å². The van der Waals surface area contributed by atoms with Crippen molar-refractivity contribution < 1.29 is 9.53 Å². The van der Waals surface area contributed by atoms with E-state index in [0.29, 0.717) is 6.42 Å². The van der Waals surface area contributed by atoms with Crippen molar-refractivity contribution in [2.75, 3.05) is 7.11 Å². The number of ether oxygens (including phenoxy) is 1. The van der Waals surface area contributed by atoms with Gasteiger partial charge >= 0.3 is 0 Å². The lowest BCUT2D eigenvalue weighted by Gasteiger charge is -2.15. The van der Waals surface area contributed by atoms with E-state index >= 15 is 0 Å². The molecule has 0 radical (unpaired) electrons. The average Bonchev–Trinajstić information content (AvgIpc) is 2.16. The molecule has 0 unspecified atom stereocenters. The number of nitrogens with one attached hydrogen (secondary N) is 1. The second-order valence-electron chi connectivity index (χ2n) is 2.78. The highest BCUT2D eigenvalue weighted by atomic mass is 32.2. The zero-order valence-corrected chi connectivity index (χ0v) is 7.98. The Morgan fingerprint density at radius 1 is 1.54 bits per heavy atom. The van der Waals surface area contributed by atoms with Gasteiger partial charge in [0.25, 0.3) is 0 Å². The third kappa shape index (κ3) is 1.62. The highest BCUT2D eigenvalue weighted by molar-refractivity contribution is 7.98. The Labute approximate surface area is 80.6 Å². The smallest absolute Gasteiger partial charge is 0.234 e. The third-order valence-electron chi connectivity index (χ3n) is 1.89. The van der Waals surface area contributed by atoms with Gasteiger partial charge in [0.05, 0.1) is 13.5 Å². The van der Waals surface area contributed by atoms with Crippen molar-refractivity contribution in [2.24, 2.45) is 0 Å². The molecule has 1 aromatic rings. The Morgan fingerprint density at radius 3 is 3.15 bits per heavy atom. The maximum absolute atomic E-state index is 11.1. The lowest BCUT2D eigenvalue weighted by Crippen LogP contribution is -2.22. The Hall–Kier alpha value is -1.16. The number of carbonyl (C=O) groups excluding carboxylic acids is 1. The number of benzene rings is 1. The highest BCUT2D eigenvalue weighted by Crippen LogP contribution is 2.28. The molecule has 13 heavy (non-hydrogen) atoms. The Bertz CT molecular complexity index is 351. The average molecular weight is 195 g/mol. The van der Waals surface area contributed by atoms with E-state index < -0.39 is 0 Å². The van der Waals surface area contributed by atoms with Crippen LogP contribution in [-0.2, 0) is 11.2 Å². The molecule has 0 aromatic heterocycles. The predicted molar refractivity (Wildman–Crippen MR) is 50.7 cm³/mol. The van der Waals surface area contributed by atoms with Gasteiger partial charge < -0.3 is 4.74 Å². The molecule has 1 N–H and O–H groups in total. The van der Waals surface area contributed by atoms with Crippen LogP contribution in [0.5, 0.6) is 5.75 Å². The standard InChI is InChI=1S/C9H9NO2S/c1-12-7-2-3-8-6(4-7)5-9(11)10-13-8/h2-4H,5H2,1H3,(H,10,11). The zero-order valence-electron chi connectivity index (χ0n) is 7.16. The fourth-order valence-electron chi connectivity index (χ4n) is 1.24. The number of hydrogen-bond donors (Lipinski definition) is 1. The lowest BCUT2D eigenvalue weighted by atomic mass is 10.1. The molecule has 0 fully saturated rings. The first-order chi connectivity index (χ1) is 6.29. The quantitative estimate of drug-likeness (QED) is 0.688. The molecule has 68 valence electrons. The number of carbonyl (C=O) groups is 1. The van der Waals surface area contributed by atoms with Crippen molar-refractivity contribution in [3.63, 3.8) is 0 Å². The second kappa shape index (κ2) is 3.30. The van der Waals surface area contributed by atoms with E-state index in [2.05, 4.69) is 4.72 Å². The summed E-state index contributed by atoms with van der Waals surface area (Å²) < 4.78 is 7.79. The topological polar surface area (TPSA) is 38.3 Å². The Morgan fingerprint density at radius 2 is 2.38 bits per heavy atom. The summed E-state index contributed by atoms with van der Waals surface area (Å²) >= 11 is 1.36. The SMILES string of the molecule is COc1ccc2c(c1)CC(=O)NS2. The number of methoxy groups -OCH3 is 1. The van der Waals surface area contributed by atoms with Gasteiger partial charge in [-0.05, 0) is 35.7 Å². The molecule has 4 heteroatoms. The first-order valence-corrected chi connectivity index (χ1v) is 4.74. The molecule has 0 saturated heterocycles. The van der Waals surface area contributed by atoms with Crippen LogP contribution in [0.15, 0.2) is 23.1 Å². The molecule has 0 saturated carbocycles. The number of rotatable bonds is 1. The van der Waals surface area contributed by atoms with E-state index in [-0.39, 0.29) is 5.91 Å². The summed E-state index contributed by atoms with van der Waals surface area (Å²) in [7, 11) is 1.62. The Kier molecular flexibility index (Phi) is 2.14. The van der Waals surface area contributed by atoms with Crippen LogP contribution < -0.4 is 9.46 Å². The number of fused-ring (bicyclic) bond motifs is 1. The molecule has 0 atom stereocenters. The summed E-state index contributed by atoms with van der Waals surface area (Å²) in [6.45, 7) is 0. The van der Waals surface area contributed by atoms with E-state index in [4.69, 9.17) is 4.74 Å². The molecule has 1 aliphatic heterocycles. The van der Waals surface area contributed by atoms with E-state index in [1.807, 2.05) is 18.2 Å². The van der Waals surface area contributed by atoms with E-state index in [1.54, 1.807) is 7.11 Å². The van der Waals surface area contributed by atoms with Crippen LogP contribution in [0.2, 0.25) is 0 Å². The van der Waals surface area contributed by atoms with Gasteiger partial charge in [-0.2, -0.15) is 0 Å². The van der Waals surface area contributed by atoms with Crippen molar-refractivity contribution in [3.8, 4) is 5.75 Å². The van der Waals surface area contributed by atoms with Gasteiger partial charge in [0.1, 0.15) is 5.75 Å². The second-order valence-corrected chi connectivity index (χ2v) is 3.63. The van der Waals surface area contributed by atoms with E-state index in [0.717, 1.165) is 16.2 Å². The molecule has 1 amide bonds. The highest BCUT2D eigenvalue weighted by Gasteiger charge is 2.15. The molecule has 2 rings (SSSR count). The summed E-state index contributed by atoms with van der Waals surface area (Å²) in [6.07, 6.45) is 0.444. The summed E-state index contributed by atoms with van der Waals surface area (Å²) in [4.78, 5) is 12.2. The van der Waals surface area contributed by atoms with E-state index in [9.17, 15) is 4.79 Å². The Balaban J connectivity index is 2.38. The van der Waals surface area contributed by atoms with Crippen LogP contribution in [0.25, 0.3) is 0 Å². The number of hydrogen-bond acceptors (Lipinski definition) is 3. The van der Waals surface area contributed by atoms with Crippen LogP contribution >= 0.6 is 11.9 Å². The van der Waals surface area contributed by atoms with Gasteiger partial charge in [-0.1, -0.05) is 0 Å². The minimum Gasteiger partial charge on any atom is -0.497 e. The van der Waals surface area contributed by atoms with Gasteiger partial charge in [-0.15, -0.1) is 0 Å². The fraction of sp³-hybridized carbons (Fsp3) is 0.222. The monoisotopic (exact) mass is 195 g/mol. The van der Waals surface area contributed by atoms with Crippen LogP contribution in [0.1, 0.15) is 5.56 Å². The molecule has 0 bridgehead atoms. The van der Waals surface area contributed by atoms with Crippen LogP contribution in [-0.4, -0.2) is 13.0 Å². The molecule has 3 nitrogen and oxygen atoms in total. The van der Waals surface area contributed by atoms with Crippen molar-refractivity contribution in [2.45, 2.75) is 11.3 Å². The molecule has 0 aliphatic carbocycles. The van der Waals surface area contributed by atoms with Gasteiger partial charge in [0.15, 0.2) is 0 Å². The van der Waals surface area contributed by atoms with Crippen molar-refractivity contribution in [1.82, 2.24) is 4.72 Å². The minimum absolute atomic E-state index is 0.0470. The van der Waals surface area contributed by atoms with Gasteiger partial charge in [-0.3, -0.25) is 9.52 Å². The van der Waals surface area contributed by atoms with Crippen LogP contribution in [0.4, 0.5) is 0 Å². The fourth-order valence-corrected chi connectivity index (χ4v) is 1.94. The molecular formula is C9H9NO2S. The van der Waals surface area contributed by atoms with Crippen molar-refractivity contribution in [3.05, 3.63) is 23.8 Å². The summed E-state index contributed by atoms with van der Waals surface area (Å²) in [5.74, 6) is 0.847. The first kappa shape index (κ1) is 8.44. The van der Waals surface area contributed by atoms with Crippen molar-refractivity contribution >= 4 is 17.9 Å². The lowest BCUT2D eigenvalue weighted by molar-refractivity contribution is -0.118. The maximum Gasteiger partial charge on any atom is 0.234 e. The number of amides is 1. The largest absolute Gasteiger partial charge is 0.497 e. The normalized spacial score (nSPS) is 14.7. The molecule has 1 aromatic carbocycles. The van der Waals surface area contributed by atoms with Crippen LogP contribution in [0, 0.1) is 0 Å². The predicted octanol–water partition coefficient (Wildman–Crippen LogP) is 1.37. The van der Waals surface area contributed by atoms with Crippen LogP contribution in [0.3, 0.4) is 0 Å².